The summed E-state index contributed by atoms with van der Waals surface area (Å²) in [7, 11) is 0. The van der Waals surface area contributed by atoms with Gasteiger partial charge in [-0.15, -0.1) is 0 Å². The van der Waals surface area contributed by atoms with Gasteiger partial charge < -0.3 is 5.73 Å². The van der Waals surface area contributed by atoms with E-state index in [9.17, 15) is 0 Å². The highest BCUT2D eigenvalue weighted by Gasteiger charge is 2.53. The predicted molar refractivity (Wildman–Crippen MR) is 49.3 cm³/mol. The van der Waals surface area contributed by atoms with Crippen LogP contribution < -0.4 is 5.73 Å². The van der Waals surface area contributed by atoms with Gasteiger partial charge in [0.25, 0.3) is 0 Å². The quantitative estimate of drug-likeness (QED) is 0.619. The molecule has 0 amide bonds. The maximum absolute atomic E-state index is 5.88. The normalized spacial score (nSPS) is 34.5. The molecule has 0 aromatic heterocycles. The Balaban J connectivity index is 2.31. The van der Waals surface area contributed by atoms with Crippen molar-refractivity contribution in [2.45, 2.75) is 39.7 Å². The average molecular weight is 153 g/mol. The summed E-state index contributed by atoms with van der Waals surface area (Å²) in [6, 6.07) is 0.399. The van der Waals surface area contributed by atoms with E-state index >= 15 is 0 Å². The van der Waals surface area contributed by atoms with Crippen LogP contribution in [-0.4, -0.2) is 6.04 Å². The number of nitrogens with two attached hydrogens (primary N) is 1. The van der Waals surface area contributed by atoms with Crippen LogP contribution in [0.3, 0.4) is 0 Å². The van der Waals surface area contributed by atoms with Crippen LogP contribution in [0.5, 0.6) is 0 Å². The second kappa shape index (κ2) is 2.98. The van der Waals surface area contributed by atoms with Crippen molar-refractivity contribution in [3.63, 3.8) is 0 Å². The van der Waals surface area contributed by atoms with Crippen molar-refractivity contribution in [2.75, 3.05) is 0 Å². The maximum Gasteiger partial charge on any atom is 0.0165 e. The Bertz CT molecular complexity index is 158. The van der Waals surface area contributed by atoms with Gasteiger partial charge in [0.15, 0.2) is 0 Å². The second-order valence-electron chi connectivity index (χ2n) is 4.09. The molecule has 2 N–H and O–H groups in total. The minimum absolute atomic E-state index is 0.365. The molecule has 0 saturated heterocycles. The van der Waals surface area contributed by atoms with Crippen molar-refractivity contribution in [1.29, 1.82) is 0 Å². The lowest BCUT2D eigenvalue weighted by Gasteiger charge is -1.95. The molecule has 0 aromatic rings. The zero-order chi connectivity index (χ0) is 8.48. The fourth-order valence-corrected chi connectivity index (χ4v) is 1.50. The van der Waals surface area contributed by atoms with Gasteiger partial charge in [0, 0.05) is 6.04 Å². The van der Waals surface area contributed by atoms with E-state index in [-0.39, 0.29) is 0 Å². The van der Waals surface area contributed by atoms with Gasteiger partial charge in [-0.05, 0) is 17.8 Å². The molecule has 1 saturated carbocycles. The lowest BCUT2D eigenvalue weighted by molar-refractivity contribution is 0.590. The highest BCUT2D eigenvalue weighted by Crippen LogP contribution is 2.51. The zero-order valence-electron chi connectivity index (χ0n) is 7.80. The van der Waals surface area contributed by atoms with Gasteiger partial charge >= 0.3 is 0 Å². The molecule has 1 rings (SSSR count). The van der Waals surface area contributed by atoms with Gasteiger partial charge in [0.1, 0.15) is 0 Å². The Labute approximate surface area is 69.7 Å². The number of hydrogen-bond acceptors (Lipinski definition) is 1. The van der Waals surface area contributed by atoms with Gasteiger partial charge in [-0.3, -0.25) is 0 Å². The molecule has 0 heterocycles. The van der Waals surface area contributed by atoms with E-state index in [0.29, 0.717) is 17.4 Å². The van der Waals surface area contributed by atoms with Crippen LogP contribution in [-0.2, 0) is 0 Å². The second-order valence-corrected chi connectivity index (χ2v) is 4.09. The summed E-state index contributed by atoms with van der Waals surface area (Å²) in [5.74, 6) is 0.633. The summed E-state index contributed by atoms with van der Waals surface area (Å²) >= 11 is 0. The van der Waals surface area contributed by atoms with Gasteiger partial charge in [-0.2, -0.15) is 0 Å². The van der Waals surface area contributed by atoms with Crippen LogP contribution in [0.25, 0.3) is 0 Å². The Morgan fingerprint density at radius 1 is 1.45 bits per heavy atom. The first-order valence-electron chi connectivity index (χ1n) is 4.53. The van der Waals surface area contributed by atoms with E-state index in [4.69, 9.17) is 5.73 Å². The topological polar surface area (TPSA) is 26.0 Å². The Morgan fingerprint density at radius 3 is 2.36 bits per heavy atom. The molecule has 11 heavy (non-hydrogen) atoms. The Hall–Kier alpha value is -0.300. The molecule has 1 fully saturated rings. The summed E-state index contributed by atoms with van der Waals surface area (Å²) in [5.41, 5.74) is 6.24. The summed E-state index contributed by atoms with van der Waals surface area (Å²) in [6.07, 6.45) is 6.98. The van der Waals surface area contributed by atoms with E-state index < -0.39 is 0 Å². The van der Waals surface area contributed by atoms with Crippen LogP contribution >= 0.6 is 0 Å². The van der Waals surface area contributed by atoms with E-state index in [0.717, 1.165) is 0 Å². The van der Waals surface area contributed by atoms with Crippen molar-refractivity contribution in [2.24, 2.45) is 17.1 Å². The van der Waals surface area contributed by atoms with Crippen molar-refractivity contribution < 1.29 is 0 Å². The summed E-state index contributed by atoms with van der Waals surface area (Å²) in [4.78, 5) is 0. The highest BCUT2D eigenvalue weighted by atomic mass is 14.8. The van der Waals surface area contributed by atoms with Gasteiger partial charge in [-0.1, -0.05) is 39.3 Å². The fraction of sp³-hybridized carbons (Fsp3) is 0.800. The third-order valence-electron chi connectivity index (χ3n) is 2.79. The van der Waals surface area contributed by atoms with Crippen LogP contribution in [0.1, 0.15) is 33.6 Å². The molecular weight excluding hydrogens is 134 g/mol. The summed E-state index contributed by atoms with van der Waals surface area (Å²) < 4.78 is 0. The Kier molecular flexibility index (Phi) is 2.38. The minimum Gasteiger partial charge on any atom is -0.327 e. The standard InChI is InChI=1S/C10H19N/c1-4-5-6-7-8-9(11)10(8,2)3/h6-9H,4-5,11H2,1-3H3/b7-6+. The first kappa shape index (κ1) is 8.79. The number of allylic oxidation sites excluding steroid dienone is 1. The molecule has 1 heteroatoms. The lowest BCUT2D eigenvalue weighted by Crippen LogP contribution is -2.06. The largest absolute Gasteiger partial charge is 0.327 e. The fourth-order valence-electron chi connectivity index (χ4n) is 1.50. The predicted octanol–water partition coefficient (Wildman–Crippen LogP) is 2.33. The molecule has 1 aliphatic rings. The number of unbranched alkanes of at least 4 members (excludes halogenated alkanes) is 1. The molecule has 2 atom stereocenters. The highest BCUT2D eigenvalue weighted by molar-refractivity contribution is 5.17. The molecule has 1 aliphatic carbocycles. The molecular formula is C10H19N. The molecule has 2 unspecified atom stereocenters. The van der Waals surface area contributed by atoms with Crippen molar-refractivity contribution >= 4 is 0 Å². The van der Waals surface area contributed by atoms with E-state index in [1.165, 1.54) is 12.8 Å². The third-order valence-corrected chi connectivity index (χ3v) is 2.79. The molecule has 0 spiro atoms. The zero-order valence-corrected chi connectivity index (χ0v) is 7.80. The van der Waals surface area contributed by atoms with Crippen LogP contribution in [0.15, 0.2) is 12.2 Å². The van der Waals surface area contributed by atoms with E-state index in [2.05, 4.69) is 32.9 Å². The third kappa shape index (κ3) is 1.64. The van der Waals surface area contributed by atoms with Crippen molar-refractivity contribution in [1.82, 2.24) is 0 Å². The first-order valence-corrected chi connectivity index (χ1v) is 4.53. The maximum atomic E-state index is 5.88. The molecule has 0 radical (unpaired) electrons. The van der Waals surface area contributed by atoms with Crippen molar-refractivity contribution in [3.05, 3.63) is 12.2 Å². The van der Waals surface area contributed by atoms with Gasteiger partial charge in [-0.25, -0.2) is 0 Å². The number of hydrogen-bond donors (Lipinski definition) is 1. The SMILES string of the molecule is CCC/C=C/C1C(N)C1(C)C. The van der Waals surface area contributed by atoms with E-state index in [1.807, 2.05) is 0 Å². The molecule has 0 bridgehead atoms. The molecule has 0 aliphatic heterocycles. The molecule has 1 nitrogen and oxygen atoms in total. The average Bonchev–Trinajstić information content (AvgIpc) is 2.39. The minimum atomic E-state index is 0.365. The summed E-state index contributed by atoms with van der Waals surface area (Å²) in [6.45, 7) is 6.67. The Morgan fingerprint density at radius 2 is 2.00 bits per heavy atom. The lowest BCUT2D eigenvalue weighted by atomic mass is 10.1. The van der Waals surface area contributed by atoms with Crippen LogP contribution in [0.2, 0.25) is 0 Å². The van der Waals surface area contributed by atoms with Crippen LogP contribution in [0.4, 0.5) is 0 Å². The van der Waals surface area contributed by atoms with Crippen molar-refractivity contribution in [3.8, 4) is 0 Å². The first-order chi connectivity index (χ1) is 5.10. The number of rotatable bonds is 3. The molecule has 64 valence electrons. The smallest absolute Gasteiger partial charge is 0.0165 e. The molecule has 0 aromatic carbocycles. The summed E-state index contributed by atoms with van der Waals surface area (Å²) in [5, 5.41) is 0. The van der Waals surface area contributed by atoms with Gasteiger partial charge in [0.05, 0.1) is 0 Å². The van der Waals surface area contributed by atoms with E-state index in [1.54, 1.807) is 0 Å². The van der Waals surface area contributed by atoms with Gasteiger partial charge in [0.2, 0.25) is 0 Å². The monoisotopic (exact) mass is 153 g/mol. The van der Waals surface area contributed by atoms with Crippen LogP contribution in [0, 0.1) is 11.3 Å².